The molecule has 0 bridgehead atoms. The summed E-state index contributed by atoms with van der Waals surface area (Å²) >= 11 is 0. The summed E-state index contributed by atoms with van der Waals surface area (Å²) in [4.78, 5) is 27.1. The summed E-state index contributed by atoms with van der Waals surface area (Å²) < 4.78 is 11.1. The largest absolute Gasteiger partial charge is 0.507 e. The van der Waals surface area contributed by atoms with E-state index >= 15 is 0 Å². The summed E-state index contributed by atoms with van der Waals surface area (Å²) in [7, 11) is 0. The molecule has 0 aliphatic carbocycles. The number of phenolic OH excluding ortho intramolecular Hbond substituents is 1. The summed E-state index contributed by atoms with van der Waals surface area (Å²) in [6.45, 7) is 3.92. The smallest absolute Gasteiger partial charge is 0.310 e. The Labute approximate surface area is 187 Å². The van der Waals surface area contributed by atoms with Crippen LogP contribution in [0.15, 0.2) is 60.4 Å². The van der Waals surface area contributed by atoms with Gasteiger partial charge in [-0.3, -0.25) is 14.5 Å². The van der Waals surface area contributed by atoms with Gasteiger partial charge in [0.2, 0.25) is 5.78 Å². The summed E-state index contributed by atoms with van der Waals surface area (Å²) in [5, 5.41) is 10.5. The van der Waals surface area contributed by atoms with E-state index in [1.54, 1.807) is 25.1 Å². The highest BCUT2D eigenvalue weighted by atomic mass is 16.5. The normalized spacial score (nSPS) is 19.8. The molecule has 1 N–H and O–H groups in total. The Morgan fingerprint density at radius 1 is 1.25 bits per heavy atom. The second-order valence-electron chi connectivity index (χ2n) is 8.00. The van der Waals surface area contributed by atoms with Crippen molar-refractivity contribution in [2.75, 3.05) is 19.7 Å². The number of rotatable bonds is 6. The molecule has 2 aromatic carbocycles. The maximum Gasteiger partial charge on any atom is 0.310 e. The molecule has 6 nitrogen and oxygen atoms in total. The highest BCUT2D eigenvalue weighted by Gasteiger charge is 2.33. The summed E-state index contributed by atoms with van der Waals surface area (Å²) in [5.74, 6) is 0.137. The lowest BCUT2D eigenvalue weighted by Crippen LogP contribution is -2.39. The Kier molecular flexibility index (Phi) is 6.71. The first-order valence-corrected chi connectivity index (χ1v) is 11.0. The Balaban J connectivity index is 1.51. The lowest BCUT2D eigenvalue weighted by atomic mass is 9.97. The number of carbonyl (C=O) groups excluding carboxylic acids is 2. The van der Waals surface area contributed by atoms with Gasteiger partial charge in [-0.1, -0.05) is 42.5 Å². The number of esters is 1. The average Bonchev–Trinajstić information content (AvgIpc) is 3.12. The molecule has 6 heteroatoms. The molecule has 0 saturated carbocycles. The number of hydrogen-bond donors (Lipinski definition) is 1. The molecule has 2 heterocycles. The fourth-order valence-corrected chi connectivity index (χ4v) is 4.15. The van der Waals surface area contributed by atoms with Crippen LogP contribution in [0.1, 0.15) is 41.3 Å². The number of benzene rings is 2. The second kappa shape index (κ2) is 9.83. The van der Waals surface area contributed by atoms with Gasteiger partial charge >= 0.3 is 5.97 Å². The minimum Gasteiger partial charge on any atom is -0.507 e. The number of nitrogens with zero attached hydrogens (tertiary/aromatic N) is 1. The van der Waals surface area contributed by atoms with Crippen LogP contribution in [-0.2, 0) is 16.1 Å². The van der Waals surface area contributed by atoms with Crippen molar-refractivity contribution < 1.29 is 24.2 Å². The van der Waals surface area contributed by atoms with E-state index in [4.69, 9.17) is 9.47 Å². The van der Waals surface area contributed by atoms with Crippen LogP contribution in [-0.4, -0.2) is 41.5 Å². The van der Waals surface area contributed by atoms with Gasteiger partial charge in [0.15, 0.2) is 5.76 Å². The Morgan fingerprint density at radius 3 is 2.84 bits per heavy atom. The Morgan fingerprint density at radius 2 is 2.06 bits per heavy atom. The van der Waals surface area contributed by atoms with E-state index in [0.29, 0.717) is 36.6 Å². The number of fused-ring (bicyclic) bond motifs is 1. The number of piperidine rings is 1. The van der Waals surface area contributed by atoms with E-state index in [-0.39, 0.29) is 29.2 Å². The third kappa shape index (κ3) is 4.75. The monoisotopic (exact) mass is 433 g/mol. The molecule has 1 atom stereocenters. The van der Waals surface area contributed by atoms with Crippen molar-refractivity contribution in [3.05, 3.63) is 77.1 Å². The first-order chi connectivity index (χ1) is 15.6. The highest BCUT2D eigenvalue weighted by molar-refractivity contribution is 6.12. The molecule has 4 rings (SSSR count). The zero-order chi connectivity index (χ0) is 22.5. The Hall–Kier alpha value is -3.38. The van der Waals surface area contributed by atoms with Gasteiger partial charge in [-0.2, -0.15) is 0 Å². The van der Waals surface area contributed by atoms with Crippen LogP contribution in [0.25, 0.3) is 6.08 Å². The number of allylic oxidation sites excluding steroid dienone is 3. The van der Waals surface area contributed by atoms with Gasteiger partial charge < -0.3 is 14.6 Å². The SMILES string of the molecule is CCOC(=O)C1CCCN(Cc2c(O)ccc3c2O/C(=C\C=C\c2ccccc2)C3=O)C1. The number of aromatic hydroxyl groups is 1. The van der Waals surface area contributed by atoms with Crippen LogP contribution in [0.4, 0.5) is 0 Å². The third-order valence-electron chi connectivity index (χ3n) is 5.76. The first-order valence-electron chi connectivity index (χ1n) is 11.0. The van der Waals surface area contributed by atoms with Crippen LogP contribution in [0.5, 0.6) is 11.5 Å². The summed E-state index contributed by atoms with van der Waals surface area (Å²) in [6, 6.07) is 12.9. The van der Waals surface area contributed by atoms with Crippen LogP contribution in [0.2, 0.25) is 0 Å². The molecule has 0 radical (unpaired) electrons. The van der Waals surface area contributed by atoms with Crippen molar-refractivity contribution in [3.63, 3.8) is 0 Å². The topological polar surface area (TPSA) is 76.1 Å². The predicted molar refractivity (Wildman–Crippen MR) is 121 cm³/mol. The fourth-order valence-electron chi connectivity index (χ4n) is 4.15. The molecule has 2 aromatic rings. The minimum absolute atomic E-state index is 0.0795. The number of ketones is 1. The molecule has 32 heavy (non-hydrogen) atoms. The van der Waals surface area contributed by atoms with Gasteiger partial charge in [-0.05, 0) is 50.1 Å². The van der Waals surface area contributed by atoms with Gasteiger partial charge in [0.05, 0.1) is 23.7 Å². The second-order valence-corrected chi connectivity index (χ2v) is 8.00. The molecule has 2 aliphatic rings. The molecule has 0 spiro atoms. The van der Waals surface area contributed by atoms with Crippen molar-refractivity contribution in [2.24, 2.45) is 5.92 Å². The predicted octanol–water partition coefficient (Wildman–Crippen LogP) is 4.34. The number of Topliss-reactive ketones (excluding diaryl/α,β-unsaturated/α-hetero) is 1. The molecule has 166 valence electrons. The average molecular weight is 434 g/mol. The van der Waals surface area contributed by atoms with Crippen molar-refractivity contribution in [3.8, 4) is 11.5 Å². The van der Waals surface area contributed by atoms with E-state index < -0.39 is 0 Å². The van der Waals surface area contributed by atoms with E-state index in [2.05, 4.69) is 4.90 Å². The van der Waals surface area contributed by atoms with Gasteiger partial charge in [-0.15, -0.1) is 0 Å². The molecule has 1 fully saturated rings. The number of phenols is 1. The van der Waals surface area contributed by atoms with E-state index in [1.807, 2.05) is 36.4 Å². The molecule has 2 aliphatic heterocycles. The first kappa shape index (κ1) is 21.8. The highest BCUT2D eigenvalue weighted by Crippen LogP contribution is 2.40. The third-order valence-corrected chi connectivity index (χ3v) is 5.76. The number of likely N-dealkylation sites (tertiary alicyclic amines) is 1. The summed E-state index contributed by atoms with van der Waals surface area (Å²) in [5.41, 5.74) is 2.03. The molecule has 0 amide bonds. The van der Waals surface area contributed by atoms with Crippen LogP contribution >= 0.6 is 0 Å². The standard InChI is InChI=1S/C26H27NO5/c1-2-31-26(30)19-11-7-15-27(16-19)17-21-22(28)14-13-20-24(29)23(32-25(20)21)12-6-10-18-8-4-3-5-9-18/h3-6,8-10,12-14,19,28H,2,7,11,15-17H2,1H3/b10-6+,23-12-. The maximum atomic E-state index is 12.8. The van der Waals surface area contributed by atoms with E-state index in [9.17, 15) is 14.7 Å². The Bertz CT molecular complexity index is 1060. The van der Waals surface area contributed by atoms with Gasteiger partial charge in [0.1, 0.15) is 11.5 Å². The van der Waals surface area contributed by atoms with Gasteiger partial charge in [0, 0.05) is 13.1 Å². The van der Waals surface area contributed by atoms with Crippen molar-refractivity contribution in [1.82, 2.24) is 4.90 Å². The van der Waals surface area contributed by atoms with Crippen molar-refractivity contribution in [1.29, 1.82) is 0 Å². The van der Waals surface area contributed by atoms with E-state index in [0.717, 1.165) is 24.9 Å². The van der Waals surface area contributed by atoms with Gasteiger partial charge in [0.25, 0.3) is 0 Å². The lowest BCUT2D eigenvalue weighted by Gasteiger charge is -2.31. The minimum atomic E-state index is -0.206. The molecular formula is C26H27NO5. The number of hydrogen-bond acceptors (Lipinski definition) is 6. The van der Waals surface area contributed by atoms with E-state index in [1.165, 1.54) is 6.07 Å². The zero-order valence-corrected chi connectivity index (χ0v) is 18.1. The number of carbonyl (C=O) groups is 2. The molecule has 1 unspecified atom stereocenters. The number of ether oxygens (including phenoxy) is 2. The van der Waals surface area contributed by atoms with Crippen molar-refractivity contribution >= 4 is 17.8 Å². The quantitative estimate of drug-likeness (QED) is 0.540. The van der Waals surface area contributed by atoms with Crippen LogP contribution < -0.4 is 4.74 Å². The molecule has 1 saturated heterocycles. The van der Waals surface area contributed by atoms with Crippen LogP contribution in [0.3, 0.4) is 0 Å². The molecular weight excluding hydrogens is 406 g/mol. The van der Waals surface area contributed by atoms with Crippen LogP contribution in [0, 0.1) is 5.92 Å². The van der Waals surface area contributed by atoms with Gasteiger partial charge in [-0.25, -0.2) is 0 Å². The maximum absolute atomic E-state index is 12.8. The zero-order valence-electron chi connectivity index (χ0n) is 18.1. The van der Waals surface area contributed by atoms with Crippen molar-refractivity contribution in [2.45, 2.75) is 26.3 Å². The summed E-state index contributed by atoms with van der Waals surface area (Å²) in [6.07, 6.45) is 6.99. The molecule has 0 aromatic heterocycles. The lowest BCUT2D eigenvalue weighted by molar-refractivity contribution is -0.150. The fraction of sp³-hybridized carbons (Fsp3) is 0.308.